The maximum Gasteiger partial charge on any atom is 0.460 e. The Bertz CT molecular complexity index is 767. The van der Waals surface area contributed by atoms with Crippen LogP contribution in [0.4, 0.5) is 39.5 Å². The van der Waals surface area contributed by atoms with Crippen molar-refractivity contribution >= 4 is 10.8 Å². The van der Waals surface area contributed by atoms with Gasteiger partial charge in [-0.2, -0.15) is 39.5 Å². The zero-order chi connectivity index (χ0) is 19.3. The van der Waals surface area contributed by atoms with Crippen LogP contribution in [-0.4, -0.2) is 29.1 Å². The van der Waals surface area contributed by atoms with Gasteiger partial charge in [0.15, 0.2) is 0 Å². The molecule has 0 bridgehead atoms. The summed E-state index contributed by atoms with van der Waals surface area (Å²) in [7, 11) is 0. The molecule has 0 aliphatic heterocycles. The van der Waals surface area contributed by atoms with Crippen LogP contribution in [0.5, 0.6) is 0 Å². The Morgan fingerprint density at radius 2 is 1.20 bits per heavy atom. The van der Waals surface area contributed by atoms with Crippen LogP contribution in [0.2, 0.25) is 0 Å². The molecule has 10 heteroatoms. The Kier molecular flexibility index (Phi) is 4.48. The van der Waals surface area contributed by atoms with Gasteiger partial charge in [-0.15, -0.1) is 0 Å². The first-order valence-corrected chi connectivity index (χ1v) is 6.60. The second kappa shape index (κ2) is 5.79. The highest BCUT2D eigenvalue weighted by molar-refractivity contribution is 5.83. The van der Waals surface area contributed by atoms with E-state index in [0.29, 0.717) is 5.39 Å². The van der Waals surface area contributed by atoms with Gasteiger partial charge in [0.2, 0.25) is 0 Å². The molecule has 2 aromatic carbocycles. The molecule has 0 spiro atoms. The molecule has 0 aliphatic carbocycles. The minimum Gasteiger partial charge on any atom is -0.382 e. The standard InChI is InChI=1S/C15H9F9O/c16-12(17,13(18,19)14(20,21)15(22,23)24)11(25)10-6-5-8-3-1-2-4-9(8)7-10/h1-7,11,25H. The summed E-state index contributed by atoms with van der Waals surface area (Å²) in [6.07, 6.45) is -10.5. The molecule has 2 rings (SSSR count). The Morgan fingerprint density at radius 3 is 1.72 bits per heavy atom. The van der Waals surface area contributed by atoms with E-state index in [9.17, 15) is 44.6 Å². The van der Waals surface area contributed by atoms with Gasteiger partial charge in [0.05, 0.1) is 0 Å². The topological polar surface area (TPSA) is 20.2 Å². The first-order chi connectivity index (χ1) is 11.2. The number of aliphatic hydroxyl groups excluding tert-OH is 1. The monoisotopic (exact) mass is 376 g/mol. The van der Waals surface area contributed by atoms with E-state index in [1.165, 1.54) is 18.2 Å². The molecule has 0 aliphatic rings. The van der Waals surface area contributed by atoms with Crippen LogP contribution in [0.1, 0.15) is 11.7 Å². The van der Waals surface area contributed by atoms with E-state index in [-0.39, 0.29) is 5.39 Å². The third-order valence-electron chi connectivity index (χ3n) is 3.60. The van der Waals surface area contributed by atoms with Crippen molar-refractivity contribution in [1.29, 1.82) is 0 Å². The van der Waals surface area contributed by atoms with Crippen LogP contribution < -0.4 is 0 Å². The van der Waals surface area contributed by atoms with E-state index in [0.717, 1.165) is 18.2 Å². The van der Waals surface area contributed by atoms with Gasteiger partial charge in [-0.25, -0.2) is 0 Å². The molecule has 25 heavy (non-hydrogen) atoms. The maximum atomic E-state index is 13.7. The van der Waals surface area contributed by atoms with Gasteiger partial charge in [0.1, 0.15) is 6.10 Å². The summed E-state index contributed by atoms with van der Waals surface area (Å²) in [5.41, 5.74) is -0.929. The number of aliphatic hydroxyl groups is 1. The molecule has 0 saturated carbocycles. The number of halogens is 9. The van der Waals surface area contributed by atoms with Crippen molar-refractivity contribution in [2.75, 3.05) is 0 Å². The summed E-state index contributed by atoms with van der Waals surface area (Å²) < 4.78 is 116. The van der Waals surface area contributed by atoms with Crippen LogP contribution in [0, 0.1) is 0 Å². The maximum absolute atomic E-state index is 13.7. The fourth-order valence-corrected chi connectivity index (χ4v) is 2.15. The minimum atomic E-state index is -7.04. The average molecular weight is 376 g/mol. The summed E-state index contributed by atoms with van der Waals surface area (Å²) in [6, 6.07) is 8.54. The molecule has 0 saturated heterocycles. The molecule has 1 unspecified atom stereocenters. The van der Waals surface area contributed by atoms with Crippen molar-refractivity contribution < 1.29 is 44.6 Å². The molecule has 0 aromatic heterocycles. The lowest BCUT2D eigenvalue weighted by molar-refractivity contribution is -0.406. The summed E-state index contributed by atoms with van der Waals surface area (Å²) in [6.45, 7) is 0. The number of fused-ring (bicyclic) bond motifs is 1. The second-order valence-electron chi connectivity index (χ2n) is 5.28. The summed E-state index contributed by atoms with van der Waals surface area (Å²) >= 11 is 0. The van der Waals surface area contributed by atoms with Gasteiger partial charge in [-0.05, 0) is 22.4 Å². The predicted octanol–water partition coefficient (Wildman–Crippen LogP) is 5.34. The SMILES string of the molecule is OC(c1ccc2ccccc2c1)C(F)(F)C(F)(F)C(F)(F)C(F)(F)F. The normalized spacial score (nSPS) is 15.4. The van der Waals surface area contributed by atoms with Crippen LogP contribution in [0.3, 0.4) is 0 Å². The molecule has 0 radical (unpaired) electrons. The molecule has 0 fully saturated rings. The molecule has 2 aromatic rings. The lowest BCUT2D eigenvalue weighted by Gasteiger charge is -2.36. The fourth-order valence-electron chi connectivity index (χ4n) is 2.15. The number of rotatable bonds is 4. The van der Waals surface area contributed by atoms with Crippen molar-refractivity contribution in [3.05, 3.63) is 48.0 Å². The van der Waals surface area contributed by atoms with E-state index in [2.05, 4.69) is 0 Å². The molecule has 1 nitrogen and oxygen atoms in total. The van der Waals surface area contributed by atoms with E-state index in [4.69, 9.17) is 0 Å². The first kappa shape index (κ1) is 19.4. The van der Waals surface area contributed by atoms with Crippen molar-refractivity contribution in [3.63, 3.8) is 0 Å². The summed E-state index contributed by atoms with van der Waals surface area (Å²) in [4.78, 5) is 0. The van der Waals surface area contributed by atoms with Crippen molar-refractivity contribution in [1.82, 2.24) is 0 Å². The highest BCUT2D eigenvalue weighted by Crippen LogP contribution is 2.56. The molecule has 1 N–H and O–H groups in total. The molecule has 138 valence electrons. The molecule has 0 heterocycles. The number of alkyl halides is 9. The van der Waals surface area contributed by atoms with Gasteiger partial charge in [0, 0.05) is 0 Å². The van der Waals surface area contributed by atoms with Crippen molar-refractivity contribution in [2.24, 2.45) is 0 Å². The fraction of sp³-hybridized carbons (Fsp3) is 0.333. The van der Waals surface area contributed by atoms with Crippen LogP contribution in [0.15, 0.2) is 42.5 Å². The number of hydrogen-bond donors (Lipinski definition) is 1. The van der Waals surface area contributed by atoms with Gasteiger partial charge in [-0.1, -0.05) is 36.4 Å². The largest absolute Gasteiger partial charge is 0.460 e. The number of hydrogen-bond acceptors (Lipinski definition) is 1. The second-order valence-corrected chi connectivity index (χ2v) is 5.28. The van der Waals surface area contributed by atoms with E-state index < -0.39 is 35.6 Å². The van der Waals surface area contributed by atoms with Gasteiger partial charge in [-0.3, -0.25) is 0 Å². The van der Waals surface area contributed by atoms with E-state index >= 15 is 0 Å². The summed E-state index contributed by atoms with van der Waals surface area (Å²) in [5.74, 6) is -20.0. The van der Waals surface area contributed by atoms with Gasteiger partial charge in [0.25, 0.3) is 0 Å². The molecule has 0 amide bonds. The minimum absolute atomic E-state index is 0.195. The quantitative estimate of drug-likeness (QED) is 0.714. The van der Waals surface area contributed by atoms with Crippen LogP contribution in [0.25, 0.3) is 10.8 Å². The number of benzene rings is 2. The summed E-state index contributed by atoms with van der Waals surface area (Å²) in [5, 5.41) is 10.1. The zero-order valence-corrected chi connectivity index (χ0v) is 12.0. The molecule has 1 atom stereocenters. The van der Waals surface area contributed by atoms with Crippen LogP contribution >= 0.6 is 0 Å². The van der Waals surface area contributed by atoms with E-state index in [1.807, 2.05) is 0 Å². The Hall–Kier alpha value is -1.97. The molecular formula is C15H9F9O. The van der Waals surface area contributed by atoms with Crippen molar-refractivity contribution in [3.8, 4) is 0 Å². The zero-order valence-electron chi connectivity index (χ0n) is 12.0. The Labute approximate surface area is 134 Å². The lowest BCUT2D eigenvalue weighted by Crippen LogP contribution is -2.62. The predicted molar refractivity (Wildman–Crippen MR) is 69.8 cm³/mol. The Morgan fingerprint density at radius 1 is 0.680 bits per heavy atom. The van der Waals surface area contributed by atoms with E-state index in [1.54, 1.807) is 6.07 Å². The van der Waals surface area contributed by atoms with Crippen LogP contribution in [-0.2, 0) is 0 Å². The Balaban J connectivity index is 2.49. The highest BCUT2D eigenvalue weighted by atomic mass is 19.4. The third-order valence-corrected chi connectivity index (χ3v) is 3.60. The van der Waals surface area contributed by atoms with Crippen molar-refractivity contribution in [2.45, 2.75) is 30.0 Å². The third kappa shape index (κ3) is 2.92. The average Bonchev–Trinajstić information content (AvgIpc) is 2.52. The lowest BCUT2D eigenvalue weighted by atomic mass is 9.93. The highest BCUT2D eigenvalue weighted by Gasteiger charge is 2.83. The van der Waals surface area contributed by atoms with Gasteiger partial charge < -0.3 is 5.11 Å². The smallest absolute Gasteiger partial charge is 0.382 e. The molecular weight excluding hydrogens is 367 g/mol. The van der Waals surface area contributed by atoms with Gasteiger partial charge >= 0.3 is 23.9 Å². The first-order valence-electron chi connectivity index (χ1n) is 6.60.